The Morgan fingerprint density at radius 2 is 2.03 bits per heavy atom. The number of benzene rings is 2. The standard InChI is InChI=1S/C23H30N2O4/c1-5-27-22-12-17(10-11-21(22)29-16(2)23(26)25(3)4)14-24-19-13-18-8-6-7-9-20(18)28-15-19/h6-12,16,19,24H,5,13-15H2,1-4H3. The molecule has 0 aromatic heterocycles. The van der Waals surface area contributed by atoms with Crippen LogP contribution in [-0.2, 0) is 17.8 Å². The number of rotatable bonds is 8. The Labute approximate surface area is 172 Å². The molecule has 3 rings (SSSR count). The number of para-hydroxylation sites is 1. The average molecular weight is 399 g/mol. The van der Waals surface area contributed by atoms with Gasteiger partial charge in [0.2, 0.25) is 0 Å². The quantitative estimate of drug-likeness (QED) is 0.741. The van der Waals surface area contributed by atoms with E-state index in [1.54, 1.807) is 21.0 Å². The molecule has 2 atom stereocenters. The molecule has 6 heteroatoms. The van der Waals surface area contributed by atoms with E-state index in [0.29, 0.717) is 31.3 Å². The smallest absolute Gasteiger partial charge is 0.262 e. The highest BCUT2D eigenvalue weighted by molar-refractivity contribution is 5.80. The Morgan fingerprint density at radius 1 is 1.24 bits per heavy atom. The lowest BCUT2D eigenvalue weighted by Gasteiger charge is -2.26. The highest BCUT2D eigenvalue weighted by Crippen LogP contribution is 2.30. The van der Waals surface area contributed by atoms with E-state index in [-0.39, 0.29) is 11.9 Å². The topological polar surface area (TPSA) is 60.0 Å². The van der Waals surface area contributed by atoms with Crippen LogP contribution in [0.15, 0.2) is 42.5 Å². The minimum absolute atomic E-state index is 0.0872. The number of carbonyl (C=O) groups is 1. The molecule has 2 aromatic rings. The van der Waals surface area contributed by atoms with Crippen LogP contribution in [0.25, 0.3) is 0 Å². The van der Waals surface area contributed by atoms with Crippen molar-refractivity contribution in [3.63, 3.8) is 0 Å². The predicted molar refractivity (Wildman–Crippen MR) is 113 cm³/mol. The second-order valence-corrected chi connectivity index (χ2v) is 7.41. The predicted octanol–water partition coefficient (Wildman–Crippen LogP) is 3.03. The zero-order chi connectivity index (χ0) is 20.8. The fraction of sp³-hybridized carbons (Fsp3) is 0.435. The summed E-state index contributed by atoms with van der Waals surface area (Å²) >= 11 is 0. The van der Waals surface area contributed by atoms with Crippen LogP contribution in [0.3, 0.4) is 0 Å². The van der Waals surface area contributed by atoms with Crippen molar-refractivity contribution >= 4 is 5.91 Å². The molecule has 1 aliphatic rings. The molecule has 0 aliphatic carbocycles. The maximum absolute atomic E-state index is 12.1. The van der Waals surface area contributed by atoms with E-state index in [4.69, 9.17) is 14.2 Å². The lowest BCUT2D eigenvalue weighted by molar-refractivity contribution is -0.135. The molecule has 1 N–H and O–H groups in total. The van der Waals surface area contributed by atoms with E-state index in [2.05, 4.69) is 11.4 Å². The number of amides is 1. The Kier molecular flexibility index (Phi) is 6.99. The van der Waals surface area contributed by atoms with Crippen LogP contribution in [0, 0.1) is 0 Å². The highest BCUT2D eigenvalue weighted by atomic mass is 16.5. The molecular weight excluding hydrogens is 368 g/mol. The molecule has 0 saturated heterocycles. The van der Waals surface area contributed by atoms with E-state index < -0.39 is 6.10 Å². The van der Waals surface area contributed by atoms with Crippen LogP contribution in [-0.4, -0.2) is 50.3 Å². The zero-order valence-corrected chi connectivity index (χ0v) is 17.6. The molecule has 6 nitrogen and oxygen atoms in total. The molecule has 0 spiro atoms. The number of ether oxygens (including phenoxy) is 3. The Morgan fingerprint density at radius 3 is 2.79 bits per heavy atom. The SMILES string of the molecule is CCOc1cc(CNC2COc3ccccc3C2)ccc1OC(C)C(=O)N(C)C. The Hall–Kier alpha value is -2.73. The molecule has 0 fully saturated rings. The van der Waals surface area contributed by atoms with Gasteiger partial charge in [0, 0.05) is 26.7 Å². The monoisotopic (exact) mass is 398 g/mol. The van der Waals surface area contributed by atoms with Crippen LogP contribution in [0.5, 0.6) is 17.2 Å². The summed E-state index contributed by atoms with van der Waals surface area (Å²) in [6.45, 7) is 5.55. The molecule has 2 aromatic carbocycles. The summed E-state index contributed by atoms with van der Waals surface area (Å²) in [4.78, 5) is 13.6. The molecule has 0 radical (unpaired) electrons. The van der Waals surface area contributed by atoms with Crippen molar-refractivity contribution in [2.45, 2.75) is 39.0 Å². The van der Waals surface area contributed by atoms with Crippen molar-refractivity contribution in [2.75, 3.05) is 27.3 Å². The molecule has 156 valence electrons. The maximum Gasteiger partial charge on any atom is 0.262 e. The van der Waals surface area contributed by atoms with Crippen LogP contribution < -0.4 is 19.5 Å². The maximum atomic E-state index is 12.1. The van der Waals surface area contributed by atoms with Crippen molar-refractivity contribution in [1.82, 2.24) is 10.2 Å². The molecular formula is C23H30N2O4. The normalized spacial score (nSPS) is 16.3. The van der Waals surface area contributed by atoms with Crippen molar-refractivity contribution in [3.8, 4) is 17.2 Å². The summed E-state index contributed by atoms with van der Waals surface area (Å²) in [5.74, 6) is 2.12. The molecule has 1 heterocycles. The molecule has 2 unspecified atom stereocenters. The van der Waals surface area contributed by atoms with Gasteiger partial charge in [-0.3, -0.25) is 4.79 Å². The van der Waals surface area contributed by atoms with Crippen LogP contribution >= 0.6 is 0 Å². The summed E-state index contributed by atoms with van der Waals surface area (Å²) in [5.41, 5.74) is 2.32. The first kappa shape index (κ1) is 21.0. The fourth-order valence-electron chi connectivity index (χ4n) is 3.35. The first-order valence-electron chi connectivity index (χ1n) is 10.1. The third-order valence-electron chi connectivity index (χ3n) is 4.87. The van der Waals surface area contributed by atoms with Crippen molar-refractivity contribution in [3.05, 3.63) is 53.6 Å². The largest absolute Gasteiger partial charge is 0.492 e. The van der Waals surface area contributed by atoms with E-state index in [1.165, 1.54) is 10.5 Å². The lowest BCUT2D eigenvalue weighted by atomic mass is 10.0. The van der Waals surface area contributed by atoms with E-state index in [1.807, 2.05) is 43.3 Å². The molecule has 1 aliphatic heterocycles. The number of hydrogen-bond donors (Lipinski definition) is 1. The Bertz CT molecular complexity index is 837. The summed E-state index contributed by atoms with van der Waals surface area (Å²) < 4.78 is 17.5. The van der Waals surface area contributed by atoms with Gasteiger partial charge in [0.05, 0.1) is 6.61 Å². The van der Waals surface area contributed by atoms with Crippen molar-refractivity contribution < 1.29 is 19.0 Å². The van der Waals surface area contributed by atoms with Gasteiger partial charge in [0.15, 0.2) is 17.6 Å². The Balaban J connectivity index is 1.63. The summed E-state index contributed by atoms with van der Waals surface area (Å²) in [6, 6.07) is 14.3. The molecule has 1 amide bonds. The van der Waals surface area contributed by atoms with Gasteiger partial charge in [-0.2, -0.15) is 0 Å². The third-order valence-corrected chi connectivity index (χ3v) is 4.87. The first-order valence-corrected chi connectivity index (χ1v) is 10.1. The van der Waals surface area contributed by atoms with Gasteiger partial charge in [-0.15, -0.1) is 0 Å². The molecule has 0 bridgehead atoms. The minimum atomic E-state index is -0.576. The number of nitrogens with one attached hydrogen (secondary N) is 1. The van der Waals surface area contributed by atoms with Gasteiger partial charge < -0.3 is 24.4 Å². The number of fused-ring (bicyclic) bond motifs is 1. The van der Waals surface area contributed by atoms with Gasteiger partial charge in [-0.25, -0.2) is 0 Å². The second kappa shape index (κ2) is 9.65. The number of carbonyl (C=O) groups excluding carboxylic acids is 1. The molecule has 29 heavy (non-hydrogen) atoms. The lowest BCUT2D eigenvalue weighted by Crippen LogP contribution is -2.38. The number of hydrogen-bond acceptors (Lipinski definition) is 5. The van der Waals surface area contributed by atoms with Crippen LogP contribution in [0.1, 0.15) is 25.0 Å². The minimum Gasteiger partial charge on any atom is -0.492 e. The highest BCUT2D eigenvalue weighted by Gasteiger charge is 2.20. The van der Waals surface area contributed by atoms with E-state index in [0.717, 1.165) is 17.7 Å². The second-order valence-electron chi connectivity index (χ2n) is 7.41. The fourth-order valence-corrected chi connectivity index (χ4v) is 3.35. The van der Waals surface area contributed by atoms with Crippen LogP contribution in [0.2, 0.25) is 0 Å². The summed E-state index contributed by atoms with van der Waals surface area (Å²) in [5, 5.41) is 3.56. The van der Waals surface area contributed by atoms with Gasteiger partial charge in [0.25, 0.3) is 5.91 Å². The van der Waals surface area contributed by atoms with E-state index >= 15 is 0 Å². The van der Waals surface area contributed by atoms with Crippen molar-refractivity contribution in [1.29, 1.82) is 0 Å². The molecule has 0 saturated carbocycles. The third kappa shape index (κ3) is 5.41. The number of nitrogens with zero attached hydrogens (tertiary/aromatic N) is 1. The van der Waals surface area contributed by atoms with Gasteiger partial charge in [-0.1, -0.05) is 24.3 Å². The first-order chi connectivity index (χ1) is 14.0. The van der Waals surface area contributed by atoms with Crippen LogP contribution in [0.4, 0.5) is 0 Å². The number of likely N-dealkylation sites (N-methyl/N-ethyl adjacent to an activating group) is 1. The van der Waals surface area contributed by atoms with Crippen molar-refractivity contribution in [2.24, 2.45) is 0 Å². The van der Waals surface area contributed by atoms with Gasteiger partial charge in [-0.05, 0) is 49.6 Å². The average Bonchev–Trinajstić information content (AvgIpc) is 2.73. The van der Waals surface area contributed by atoms with Gasteiger partial charge >= 0.3 is 0 Å². The summed E-state index contributed by atoms with van der Waals surface area (Å²) in [7, 11) is 3.43. The van der Waals surface area contributed by atoms with E-state index in [9.17, 15) is 4.79 Å². The van der Waals surface area contributed by atoms with Gasteiger partial charge in [0.1, 0.15) is 12.4 Å². The summed E-state index contributed by atoms with van der Waals surface area (Å²) in [6.07, 6.45) is 0.368. The zero-order valence-electron chi connectivity index (χ0n) is 17.6.